The van der Waals surface area contributed by atoms with Crippen molar-refractivity contribution in [1.82, 2.24) is 9.55 Å². The van der Waals surface area contributed by atoms with E-state index in [1.807, 2.05) is 12.1 Å². The van der Waals surface area contributed by atoms with E-state index in [4.69, 9.17) is 9.40 Å². The van der Waals surface area contributed by atoms with E-state index in [0.29, 0.717) is 0 Å². The zero-order valence-corrected chi connectivity index (χ0v) is 32.6. The minimum absolute atomic E-state index is 0.593. The summed E-state index contributed by atoms with van der Waals surface area (Å²) in [6, 6.07) is 80.1. The second kappa shape index (κ2) is 13.6. The quantitative estimate of drug-likeness (QED) is 0.162. The number of furan rings is 1. The molecule has 11 aromatic rings. The third kappa shape index (κ3) is 5.14. The lowest BCUT2D eigenvalue weighted by atomic mass is 9.70. The van der Waals surface area contributed by atoms with Crippen LogP contribution in [0.5, 0.6) is 0 Å². The third-order valence-electron chi connectivity index (χ3n) is 12.3. The lowest BCUT2D eigenvalue weighted by Crippen LogP contribution is -2.29. The molecule has 1 aliphatic rings. The van der Waals surface area contributed by atoms with Gasteiger partial charge in [-0.15, -0.1) is 0 Å². The number of nitrogens with zero attached hydrogens (tertiary/aromatic N) is 3. The molecule has 0 atom stereocenters. The number of rotatable bonds is 7. The van der Waals surface area contributed by atoms with Crippen molar-refractivity contribution in [2.75, 3.05) is 4.90 Å². The number of hydrogen-bond donors (Lipinski definition) is 0. The lowest BCUT2D eigenvalue weighted by molar-refractivity contribution is 0.669. The van der Waals surface area contributed by atoms with Gasteiger partial charge in [-0.2, -0.15) is 0 Å². The molecular weight excluding hydrogens is 731 g/mol. The highest BCUT2D eigenvalue weighted by atomic mass is 16.3. The van der Waals surface area contributed by atoms with Gasteiger partial charge < -0.3 is 9.32 Å². The predicted molar refractivity (Wildman–Crippen MR) is 246 cm³/mol. The van der Waals surface area contributed by atoms with Gasteiger partial charge in [0.05, 0.1) is 16.7 Å². The van der Waals surface area contributed by atoms with Crippen molar-refractivity contribution in [3.8, 4) is 27.9 Å². The second-order valence-corrected chi connectivity index (χ2v) is 15.5. The van der Waals surface area contributed by atoms with Gasteiger partial charge in [0.25, 0.3) is 0 Å². The fourth-order valence-electron chi connectivity index (χ4n) is 9.61. The Labute approximate surface area is 347 Å². The van der Waals surface area contributed by atoms with Gasteiger partial charge in [0.1, 0.15) is 22.4 Å². The number of aromatic nitrogens is 2. The maximum atomic E-state index is 6.26. The minimum Gasteiger partial charge on any atom is -0.456 e. The molecule has 2 aromatic heterocycles. The fourth-order valence-corrected chi connectivity index (χ4v) is 9.61. The Morgan fingerprint density at radius 2 is 1.02 bits per heavy atom. The standard InChI is InChI=1S/C56H37N3O/c1-4-15-38(16-5-1)39-27-31-43(32-28-39)58(44-33-29-40(30-34-44)46-22-14-26-53-54(46)47-21-10-13-25-52(47)60-53)45-35-36-51-49(37-45)57-55-56(41-17-6-2-7-18-41,42-19-8-3-9-20-42)48-23-11-12-24-50(48)59(51)55/h1-37H. The topological polar surface area (TPSA) is 34.2 Å². The molecule has 60 heavy (non-hydrogen) atoms. The molecule has 282 valence electrons. The van der Waals surface area contributed by atoms with Crippen LogP contribution in [0.25, 0.3) is 60.9 Å². The molecule has 0 radical (unpaired) electrons. The molecule has 0 saturated carbocycles. The predicted octanol–water partition coefficient (Wildman–Crippen LogP) is 14.4. The fraction of sp³-hybridized carbons (Fsp3) is 0.0179. The molecule has 0 amide bonds. The molecule has 0 saturated heterocycles. The van der Waals surface area contributed by atoms with E-state index in [1.54, 1.807) is 0 Å². The normalized spacial score (nSPS) is 12.8. The molecular formula is C56H37N3O. The molecule has 1 aliphatic heterocycles. The Balaban J connectivity index is 1.03. The monoisotopic (exact) mass is 767 g/mol. The van der Waals surface area contributed by atoms with Crippen LogP contribution in [0.1, 0.15) is 22.5 Å². The Morgan fingerprint density at radius 1 is 0.450 bits per heavy atom. The van der Waals surface area contributed by atoms with Crippen LogP contribution in [0.15, 0.2) is 229 Å². The molecule has 0 bridgehead atoms. The smallest absolute Gasteiger partial charge is 0.136 e. The molecule has 0 spiro atoms. The van der Waals surface area contributed by atoms with Crippen LogP contribution in [0.4, 0.5) is 17.1 Å². The zero-order chi connectivity index (χ0) is 39.6. The van der Waals surface area contributed by atoms with Crippen molar-refractivity contribution < 1.29 is 4.42 Å². The summed E-state index contributed by atoms with van der Waals surface area (Å²) in [6.07, 6.45) is 0. The summed E-state index contributed by atoms with van der Waals surface area (Å²) >= 11 is 0. The average Bonchev–Trinajstić information content (AvgIpc) is 3.98. The van der Waals surface area contributed by atoms with E-state index in [0.717, 1.165) is 72.7 Å². The van der Waals surface area contributed by atoms with E-state index in [2.05, 4.69) is 222 Å². The van der Waals surface area contributed by atoms with E-state index in [-0.39, 0.29) is 0 Å². The highest BCUT2D eigenvalue weighted by Gasteiger charge is 2.49. The van der Waals surface area contributed by atoms with Gasteiger partial charge in [0, 0.05) is 27.8 Å². The van der Waals surface area contributed by atoms with Crippen LogP contribution >= 0.6 is 0 Å². The van der Waals surface area contributed by atoms with Gasteiger partial charge >= 0.3 is 0 Å². The van der Waals surface area contributed by atoms with Gasteiger partial charge in [-0.3, -0.25) is 4.57 Å². The van der Waals surface area contributed by atoms with E-state index in [9.17, 15) is 0 Å². The van der Waals surface area contributed by atoms with E-state index in [1.165, 1.54) is 27.8 Å². The minimum atomic E-state index is -0.593. The van der Waals surface area contributed by atoms with Crippen molar-refractivity contribution >= 4 is 50.0 Å². The summed E-state index contributed by atoms with van der Waals surface area (Å²) in [6.45, 7) is 0. The van der Waals surface area contributed by atoms with Gasteiger partial charge in [-0.1, -0.05) is 164 Å². The number of imidazole rings is 1. The number of hydrogen-bond acceptors (Lipinski definition) is 3. The molecule has 9 aromatic carbocycles. The van der Waals surface area contributed by atoms with Crippen LogP contribution in [0.3, 0.4) is 0 Å². The van der Waals surface area contributed by atoms with Crippen molar-refractivity contribution in [2.24, 2.45) is 0 Å². The Bertz CT molecular complexity index is 3310. The summed E-state index contributed by atoms with van der Waals surface area (Å²) < 4.78 is 8.64. The first kappa shape index (κ1) is 34.1. The maximum absolute atomic E-state index is 6.26. The van der Waals surface area contributed by atoms with Gasteiger partial charge in [0.15, 0.2) is 0 Å². The SMILES string of the molecule is c1ccc(-c2ccc(N(c3ccc(-c4cccc5oc6ccccc6c45)cc3)c3ccc4c(c3)nc3n4-c4ccccc4C3(c3ccccc3)c3ccccc3)cc2)cc1. The van der Waals surface area contributed by atoms with Gasteiger partial charge in [-0.25, -0.2) is 4.98 Å². The molecule has 3 heterocycles. The molecule has 4 heteroatoms. The van der Waals surface area contributed by atoms with Gasteiger partial charge in [0.2, 0.25) is 0 Å². The first-order valence-electron chi connectivity index (χ1n) is 20.5. The molecule has 12 rings (SSSR count). The number of fused-ring (bicyclic) bond motifs is 8. The Hall–Kier alpha value is -7.95. The summed E-state index contributed by atoms with van der Waals surface area (Å²) in [5.74, 6) is 0.998. The van der Waals surface area contributed by atoms with Crippen LogP contribution in [-0.4, -0.2) is 9.55 Å². The number of anilines is 3. The third-order valence-corrected chi connectivity index (χ3v) is 12.3. The Kier molecular flexibility index (Phi) is 7.72. The van der Waals surface area contributed by atoms with Crippen LogP contribution in [0, 0.1) is 0 Å². The number of para-hydroxylation sites is 2. The van der Waals surface area contributed by atoms with E-state index < -0.39 is 5.41 Å². The highest BCUT2D eigenvalue weighted by Crippen LogP contribution is 2.53. The summed E-state index contributed by atoms with van der Waals surface area (Å²) in [5, 5.41) is 2.26. The molecule has 0 unspecified atom stereocenters. The zero-order valence-electron chi connectivity index (χ0n) is 32.6. The van der Waals surface area contributed by atoms with E-state index >= 15 is 0 Å². The van der Waals surface area contributed by atoms with Crippen LogP contribution in [-0.2, 0) is 5.41 Å². The summed E-state index contributed by atoms with van der Waals surface area (Å²) in [4.78, 5) is 7.97. The van der Waals surface area contributed by atoms with Crippen molar-refractivity contribution in [2.45, 2.75) is 5.41 Å². The van der Waals surface area contributed by atoms with Crippen molar-refractivity contribution in [3.05, 3.63) is 247 Å². The van der Waals surface area contributed by atoms with Crippen LogP contribution in [0.2, 0.25) is 0 Å². The highest BCUT2D eigenvalue weighted by molar-refractivity contribution is 6.12. The van der Waals surface area contributed by atoms with Gasteiger partial charge in [-0.05, 0) is 99.6 Å². The lowest BCUT2D eigenvalue weighted by Gasteiger charge is -2.30. The summed E-state index contributed by atoms with van der Waals surface area (Å²) in [5.41, 5.74) is 15.8. The average molecular weight is 768 g/mol. The maximum Gasteiger partial charge on any atom is 0.136 e. The molecule has 0 fully saturated rings. The molecule has 0 N–H and O–H groups in total. The first-order valence-corrected chi connectivity index (χ1v) is 20.5. The largest absolute Gasteiger partial charge is 0.456 e. The molecule has 4 nitrogen and oxygen atoms in total. The van der Waals surface area contributed by atoms with Crippen molar-refractivity contribution in [3.63, 3.8) is 0 Å². The first-order chi connectivity index (χ1) is 29.8. The van der Waals surface area contributed by atoms with Crippen molar-refractivity contribution in [1.29, 1.82) is 0 Å². The Morgan fingerprint density at radius 3 is 1.73 bits per heavy atom. The number of benzene rings is 9. The van der Waals surface area contributed by atoms with Crippen LogP contribution < -0.4 is 4.90 Å². The summed E-state index contributed by atoms with van der Waals surface area (Å²) in [7, 11) is 0. The second-order valence-electron chi connectivity index (χ2n) is 15.5. The molecule has 0 aliphatic carbocycles.